The molecule has 0 spiro atoms. The molecule has 1 fully saturated rings. The Labute approximate surface area is 182 Å². The summed E-state index contributed by atoms with van der Waals surface area (Å²) in [6.45, 7) is 0.522. The summed E-state index contributed by atoms with van der Waals surface area (Å²) in [7, 11) is 1.28. The van der Waals surface area contributed by atoms with Crippen LogP contribution in [0.1, 0.15) is 25.1 Å². The van der Waals surface area contributed by atoms with Gasteiger partial charge in [-0.3, -0.25) is 14.4 Å². The number of amides is 1. The minimum absolute atomic E-state index is 0.0941. The third-order valence-electron chi connectivity index (χ3n) is 4.60. The second-order valence-corrected chi connectivity index (χ2v) is 7.79. The molecule has 3 rings (SSSR count). The van der Waals surface area contributed by atoms with E-state index in [0.717, 1.165) is 0 Å². The normalized spacial score (nSPS) is 14.9. The number of carbonyl (C=O) groups excluding carboxylic acids is 3. The number of aromatic amines is 1. The van der Waals surface area contributed by atoms with Gasteiger partial charge in [-0.25, -0.2) is 9.78 Å². The van der Waals surface area contributed by atoms with E-state index in [1.165, 1.54) is 29.8 Å². The van der Waals surface area contributed by atoms with Crippen LogP contribution in [0.4, 0.5) is 0 Å². The molecule has 2 aromatic rings. The molecule has 1 amide bonds. The molecule has 0 bridgehead atoms. The van der Waals surface area contributed by atoms with E-state index in [-0.39, 0.29) is 36.2 Å². The Balaban J connectivity index is 1.39. The number of benzene rings is 1. The van der Waals surface area contributed by atoms with Crippen molar-refractivity contribution in [2.45, 2.75) is 25.7 Å². The Morgan fingerprint density at radius 3 is 2.87 bits per heavy atom. The molecule has 164 valence electrons. The number of esters is 2. The zero-order valence-corrected chi connectivity index (χ0v) is 17.9. The predicted octanol–water partition coefficient (Wildman–Crippen LogP) is 1.77. The van der Waals surface area contributed by atoms with Crippen LogP contribution >= 0.6 is 11.8 Å². The number of nitrogens with zero attached hydrogens (tertiary/aromatic N) is 2. The molecule has 1 aromatic carbocycles. The number of H-pyrrole nitrogens is 1. The van der Waals surface area contributed by atoms with E-state index in [1.807, 2.05) is 6.07 Å². The van der Waals surface area contributed by atoms with Crippen LogP contribution in [0, 0.1) is 0 Å². The van der Waals surface area contributed by atoms with Crippen LogP contribution in [0.25, 0.3) is 10.9 Å². The van der Waals surface area contributed by atoms with Crippen molar-refractivity contribution in [1.29, 1.82) is 0 Å². The van der Waals surface area contributed by atoms with Crippen molar-refractivity contribution in [3.63, 3.8) is 0 Å². The van der Waals surface area contributed by atoms with Crippen LogP contribution in [0.5, 0.6) is 0 Å². The molecule has 2 heterocycles. The monoisotopic (exact) mass is 445 g/mol. The van der Waals surface area contributed by atoms with Crippen molar-refractivity contribution in [2.75, 3.05) is 26.0 Å². The number of methoxy groups -OCH3 is 1. The van der Waals surface area contributed by atoms with Crippen LogP contribution in [0.3, 0.4) is 0 Å². The summed E-state index contributed by atoms with van der Waals surface area (Å²) in [6, 6.07) is 7.09. The van der Waals surface area contributed by atoms with Gasteiger partial charge in [0.1, 0.15) is 5.82 Å². The fourth-order valence-electron chi connectivity index (χ4n) is 3.06. The fraction of sp³-hybridized carbons (Fsp3) is 0.381. The van der Waals surface area contributed by atoms with Gasteiger partial charge in [0.15, 0.2) is 0 Å². The van der Waals surface area contributed by atoms with Crippen LogP contribution in [0.2, 0.25) is 0 Å². The van der Waals surface area contributed by atoms with Crippen molar-refractivity contribution in [2.24, 2.45) is 0 Å². The maximum absolute atomic E-state index is 12.1. The van der Waals surface area contributed by atoms with E-state index in [1.54, 1.807) is 18.2 Å². The first-order valence-corrected chi connectivity index (χ1v) is 10.8. The zero-order chi connectivity index (χ0) is 22.2. The topological polar surface area (TPSA) is 119 Å². The van der Waals surface area contributed by atoms with E-state index >= 15 is 0 Å². The van der Waals surface area contributed by atoms with Crippen LogP contribution in [-0.2, 0) is 30.3 Å². The molecule has 9 nitrogen and oxygen atoms in total. The number of carbonyl (C=O) groups is 3. The fourth-order valence-corrected chi connectivity index (χ4v) is 4.02. The maximum Gasteiger partial charge on any atom is 0.333 e. The highest BCUT2D eigenvalue weighted by atomic mass is 32.2. The molecule has 1 aliphatic rings. The predicted molar refractivity (Wildman–Crippen MR) is 115 cm³/mol. The molecule has 1 aromatic heterocycles. The van der Waals surface area contributed by atoms with E-state index in [2.05, 4.69) is 14.7 Å². The second-order valence-electron chi connectivity index (χ2n) is 6.80. The van der Waals surface area contributed by atoms with E-state index < -0.39 is 5.97 Å². The minimum atomic E-state index is -0.518. The lowest BCUT2D eigenvalue weighted by molar-refractivity contribution is -0.143. The first-order valence-electron chi connectivity index (χ1n) is 9.84. The molecule has 1 N–H and O–H groups in total. The maximum atomic E-state index is 12.1. The Bertz CT molecular complexity index is 1060. The summed E-state index contributed by atoms with van der Waals surface area (Å²) in [6.07, 6.45) is 2.88. The van der Waals surface area contributed by atoms with E-state index in [9.17, 15) is 19.2 Å². The number of ether oxygens (including phenoxy) is 2. The minimum Gasteiger partial charge on any atom is -0.466 e. The molecule has 0 radical (unpaired) electrons. The van der Waals surface area contributed by atoms with Crippen LogP contribution < -0.4 is 5.56 Å². The molecular formula is C21H23N3O6S. The molecule has 0 aliphatic carbocycles. The van der Waals surface area contributed by atoms with Gasteiger partial charge in [0.25, 0.3) is 5.56 Å². The second kappa shape index (κ2) is 10.8. The number of rotatable bonds is 9. The van der Waals surface area contributed by atoms with Crippen molar-refractivity contribution in [3.05, 3.63) is 51.5 Å². The number of hydrogen-bond acceptors (Lipinski definition) is 8. The number of thioether (sulfide) groups is 1. The molecule has 31 heavy (non-hydrogen) atoms. The number of aromatic nitrogens is 2. The van der Waals surface area contributed by atoms with Gasteiger partial charge in [-0.2, -0.15) is 0 Å². The molecule has 0 atom stereocenters. The van der Waals surface area contributed by atoms with Crippen LogP contribution in [-0.4, -0.2) is 58.7 Å². The van der Waals surface area contributed by atoms with Gasteiger partial charge in [-0.15, -0.1) is 0 Å². The molecular weight excluding hydrogens is 422 g/mol. The quantitative estimate of drug-likeness (QED) is 0.352. The van der Waals surface area contributed by atoms with Gasteiger partial charge in [-0.1, -0.05) is 23.9 Å². The van der Waals surface area contributed by atoms with Gasteiger partial charge in [0.05, 0.1) is 41.5 Å². The Hall–Kier alpha value is -3.14. The number of aryl methyl sites for hydroxylation is 1. The highest BCUT2D eigenvalue weighted by molar-refractivity contribution is 8.04. The van der Waals surface area contributed by atoms with Crippen LogP contribution in [0.15, 0.2) is 40.2 Å². The van der Waals surface area contributed by atoms with Crippen molar-refractivity contribution in [1.82, 2.24) is 14.9 Å². The lowest BCUT2D eigenvalue weighted by Crippen LogP contribution is -2.27. The Morgan fingerprint density at radius 1 is 1.26 bits per heavy atom. The number of nitrogens with one attached hydrogen (secondary N) is 1. The third-order valence-corrected chi connectivity index (χ3v) is 5.62. The highest BCUT2D eigenvalue weighted by Gasteiger charge is 2.27. The molecule has 1 saturated heterocycles. The number of fused-ring (bicyclic) bond motifs is 1. The summed E-state index contributed by atoms with van der Waals surface area (Å²) in [4.78, 5) is 56.0. The molecule has 10 heteroatoms. The number of para-hydroxylation sites is 1. The summed E-state index contributed by atoms with van der Waals surface area (Å²) in [5.74, 6) is -0.158. The van der Waals surface area contributed by atoms with Gasteiger partial charge < -0.3 is 19.4 Å². The SMILES string of the molecule is COC(=O)/C=C1/SCC(=O)N1CCCOC(=O)CCCc1nc2ccccc2c(=O)[nH]1. The Kier molecular flexibility index (Phi) is 7.82. The highest BCUT2D eigenvalue weighted by Crippen LogP contribution is 2.28. The smallest absolute Gasteiger partial charge is 0.333 e. The van der Waals surface area contributed by atoms with E-state index in [0.29, 0.717) is 47.6 Å². The number of hydrogen-bond donors (Lipinski definition) is 1. The van der Waals surface area contributed by atoms with Crippen molar-refractivity contribution in [3.8, 4) is 0 Å². The first kappa shape index (κ1) is 22.5. The molecule has 0 unspecified atom stereocenters. The molecule has 1 aliphatic heterocycles. The lowest BCUT2D eigenvalue weighted by Gasteiger charge is -2.16. The van der Waals surface area contributed by atoms with Gasteiger partial charge in [0, 0.05) is 19.4 Å². The van der Waals surface area contributed by atoms with Gasteiger partial charge >= 0.3 is 11.9 Å². The average Bonchev–Trinajstić information content (AvgIpc) is 3.10. The van der Waals surface area contributed by atoms with E-state index in [4.69, 9.17) is 4.74 Å². The Morgan fingerprint density at radius 2 is 2.06 bits per heavy atom. The summed E-state index contributed by atoms with van der Waals surface area (Å²) in [5.41, 5.74) is 0.428. The largest absolute Gasteiger partial charge is 0.466 e. The first-order chi connectivity index (χ1) is 15.0. The average molecular weight is 445 g/mol. The zero-order valence-electron chi connectivity index (χ0n) is 17.1. The lowest BCUT2D eigenvalue weighted by atomic mass is 10.2. The van der Waals surface area contributed by atoms with Crippen molar-refractivity contribution < 1.29 is 23.9 Å². The standard InChI is InChI=1S/C21H23N3O6S/c1-29-20(27)12-18-24(17(25)13-31-18)10-5-11-30-19(26)9-4-8-16-22-15-7-3-2-6-14(15)21(28)23-16/h2-3,6-7,12H,4-5,8-11,13H2,1H3,(H,22,23,28)/b18-12+. The van der Waals surface area contributed by atoms with Crippen molar-refractivity contribution >= 4 is 40.5 Å². The summed E-state index contributed by atoms with van der Waals surface area (Å²) >= 11 is 1.27. The summed E-state index contributed by atoms with van der Waals surface area (Å²) in [5, 5.41) is 1.07. The third kappa shape index (κ3) is 6.17. The summed E-state index contributed by atoms with van der Waals surface area (Å²) < 4.78 is 9.81. The molecule has 0 saturated carbocycles. The van der Waals surface area contributed by atoms with Gasteiger partial charge in [0.2, 0.25) is 5.91 Å². The van der Waals surface area contributed by atoms with Gasteiger partial charge in [-0.05, 0) is 25.0 Å².